The van der Waals surface area contributed by atoms with Crippen LogP contribution in [0.2, 0.25) is 0 Å². The van der Waals surface area contributed by atoms with Gasteiger partial charge in [0.15, 0.2) is 0 Å². The first kappa shape index (κ1) is 10.9. The Balaban J connectivity index is 2.02. The van der Waals surface area contributed by atoms with Gasteiger partial charge in [-0.3, -0.25) is 0 Å². The van der Waals surface area contributed by atoms with Crippen LogP contribution in [0, 0.1) is 0 Å². The van der Waals surface area contributed by atoms with E-state index in [1.54, 1.807) is 0 Å². The summed E-state index contributed by atoms with van der Waals surface area (Å²) in [4.78, 5) is 0. The molecular weight excluding hydrogens is 226 g/mol. The number of hydrogen-bond donors (Lipinski definition) is 1. The minimum absolute atomic E-state index is 0.561. The van der Waals surface area contributed by atoms with Gasteiger partial charge in [0, 0.05) is 5.56 Å². The minimum Gasteiger partial charge on any atom is -0.419 e. The predicted octanol–water partition coefficient (Wildman–Crippen LogP) is 2.61. The number of rotatable bonds is 3. The molecule has 0 bridgehead atoms. The van der Waals surface area contributed by atoms with Gasteiger partial charge in [-0.1, -0.05) is 30.3 Å². The fourth-order valence-corrected chi connectivity index (χ4v) is 1.92. The molecule has 0 radical (unpaired) electrons. The van der Waals surface area contributed by atoms with E-state index in [0.29, 0.717) is 18.3 Å². The number of fused-ring (bicyclic) bond motifs is 1. The lowest BCUT2D eigenvalue weighted by Gasteiger charge is -1.99. The van der Waals surface area contributed by atoms with Gasteiger partial charge in [-0.05, 0) is 30.0 Å². The SMILES string of the molecule is CNCc1nnc(-c2ccc3ccccc3c2)o1. The molecule has 1 N–H and O–H groups in total. The predicted molar refractivity (Wildman–Crippen MR) is 70.0 cm³/mol. The molecule has 1 aromatic heterocycles. The van der Waals surface area contributed by atoms with Gasteiger partial charge in [0.2, 0.25) is 11.8 Å². The van der Waals surface area contributed by atoms with Crippen LogP contribution in [0.15, 0.2) is 46.9 Å². The van der Waals surface area contributed by atoms with E-state index in [4.69, 9.17) is 4.42 Å². The maximum absolute atomic E-state index is 5.57. The lowest BCUT2D eigenvalue weighted by atomic mass is 10.1. The van der Waals surface area contributed by atoms with Gasteiger partial charge in [0.05, 0.1) is 6.54 Å². The number of benzene rings is 2. The van der Waals surface area contributed by atoms with E-state index in [-0.39, 0.29) is 0 Å². The lowest BCUT2D eigenvalue weighted by molar-refractivity contribution is 0.490. The molecule has 4 heteroatoms. The molecule has 0 saturated heterocycles. The van der Waals surface area contributed by atoms with Crippen LogP contribution in [0.4, 0.5) is 0 Å². The van der Waals surface area contributed by atoms with Crippen molar-refractivity contribution >= 4 is 10.8 Å². The van der Waals surface area contributed by atoms with Gasteiger partial charge in [-0.25, -0.2) is 0 Å². The first-order valence-electron chi connectivity index (χ1n) is 5.83. The summed E-state index contributed by atoms with van der Waals surface area (Å²) in [5.74, 6) is 1.16. The topological polar surface area (TPSA) is 51.0 Å². The van der Waals surface area contributed by atoms with Gasteiger partial charge in [-0.2, -0.15) is 0 Å². The van der Waals surface area contributed by atoms with Crippen LogP contribution in [0.5, 0.6) is 0 Å². The first-order valence-corrected chi connectivity index (χ1v) is 5.83. The van der Waals surface area contributed by atoms with Crippen LogP contribution in [0.1, 0.15) is 5.89 Å². The molecule has 0 atom stereocenters. The van der Waals surface area contributed by atoms with E-state index in [2.05, 4.69) is 39.8 Å². The molecule has 1 heterocycles. The fourth-order valence-electron chi connectivity index (χ4n) is 1.92. The first-order chi connectivity index (χ1) is 8.86. The fraction of sp³-hybridized carbons (Fsp3) is 0.143. The zero-order chi connectivity index (χ0) is 12.4. The van der Waals surface area contributed by atoms with Gasteiger partial charge in [0.1, 0.15) is 0 Å². The Morgan fingerprint density at radius 2 is 1.89 bits per heavy atom. The van der Waals surface area contributed by atoms with E-state index in [0.717, 1.165) is 5.56 Å². The molecule has 4 nitrogen and oxygen atoms in total. The van der Waals surface area contributed by atoms with Crippen LogP contribution in [-0.2, 0) is 6.54 Å². The summed E-state index contributed by atoms with van der Waals surface area (Å²) in [5.41, 5.74) is 0.948. The maximum atomic E-state index is 5.57. The number of aromatic nitrogens is 2. The van der Waals surface area contributed by atoms with Gasteiger partial charge >= 0.3 is 0 Å². The highest BCUT2D eigenvalue weighted by atomic mass is 16.4. The molecule has 90 valence electrons. The highest BCUT2D eigenvalue weighted by Crippen LogP contribution is 2.23. The Bertz CT molecular complexity index is 675. The maximum Gasteiger partial charge on any atom is 0.247 e. The average molecular weight is 239 g/mol. The lowest BCUT2D eigenvalue weighted by Crippen LogP contribution is -2.04. The Hall–Kier alpha value is -2.20. The summed E-state index contributed by atoms with van der Waals surface area (Å²) in [6, 6.07) is 14.3. The molecule has 0 saturated carbocycles. The summed E-state index contributed by atoms with van der Waals surface area (Å²) in [6.45, 7) is 0.584. The van der Waals surface area contributed by atoms with Crippen molar-refractivity contribution < 1.29 is 4.42 Å². The molecule has 0 spiro atoms. The van der Waals surface area contributed by atoms with Crippen LogP contribution >= 0.6 is 0 Å². The molecule has 0 aliphatic rings. The van der Waals surface area contributed by atoms with Crippen molar-refractivity contribution in [2.75, 3.05) is 7.05 Å². The van der Waals surface area contributed by atoms with Gasteiger partial charge in [-0.15, -0.1) is 10.2 Å². The highest BCUT2D eigenvalue weighted by Gasteiger charge is 2.08. The molecule has 3 rings (SSSR count). The highest BCUT2D eigenvalue weighted by molar-refractivity contribution is 5.86. The van der Waals surface area contributed by atoms with Crippen molar-refractivity contribution in [2.24, 2.45) is 0 Å². The normalized spacial score (nSPS) is 10.9. The van der Waals surface area contributed by atoms with Crippen LogP contribution in [-0.4, -0.2) is 17.2 Å². The van der Waals surface area contributed by atoms with E-state index in [9.17, 15) is 0 Å². The Morgan fingerprint density at radius 3 is 2.72 bits per heavy atom. The number of nitrogens with one attached hydrogen (secondary N) is 1. The van der Waals surface area contributed by atoms with E-state index in [1.165, 1.54) is 10.8 Å². The largest absolute Gasteiger partial charge is 0.419 e. The minimum atomic E-state index is 0.561. The average Bonchev–Trinajstić information content (AvgIpc) is 2.87. The molecular formula is C14H13N3O. The molecule has 18 heavy (non-hydrogen) atoms. The van der Waals surface area contributed by atoms with Crippen molar-refractivity contribution in [3.05, 3.63) is 48.4 Å². The zero-order valence-corrected chi connectivity index (χ0v) is 10.1. The summed E-state index contributed by atoms with van der Waals surface area (Å²) in [5, 5.41) is 13.4. The van der Waals surface area contributed by atoms with E-state index in [1.807, 2.05) is 25.2 Å². The van der Waals surface area contributed by atoms with Crippen LogP contribution in [0.25, 0.3) is 22.2 Å². The second-order valence-corrected chi connectivity index (χ2v) is 4.09. The zero-order valence-electron chi connectivity index (χ0n) is 10.1. The second-order valence-electron chi connectivity index (χ2n) is 4.09. The van der Waals surface area contributed by atoms with Crippen LogP contribution in [0.3, 0.4) is 0 Å². The molecule has 0 aliphatic heterocycles. The van der Waals surface area contributed by atoms with Crippen molar-refractivity contribution in [1.29, 1.82) is 0 Å². The van der Waals surface area contributed by atoms with Crippen molar-refractivity contribution in [3.8, 4) is 11.5 Å². The summed E-state index contributed by atoms with van der Waals surface area (Å²) in [6.07, 6.45) is 0. The summed E-state index contributed by atoms with van der Waals surface area (Å²) >= 11 is 0. The third-order valence-corrected chi connectivity index (χ3v) is 2.79. The molecule has 3 aromatic rings. The molecule has 0 unspecified atom stereocenters. The molecule has 0 aliphatic carbocycles. The summed E-state index contributed by atoms with van der Waals surface area (Å²) < 4.78 is 5.57. The third kappa shape index (κ3) is 1.98. The van der Waals surface area contributed by atoms with Crippen molar-refractivity contribution in [2.45, 2.75) is 6.54 Å². The van der Waals surface area contributed by atoms with Gasteiger partial charge in [0.25, 0.3) is 0 Å². The quantitative estimate of drug-likeness (QED) is 0.763. The Morgan fingerprint density at radius 1 is 1.06 bits per heavy atom. The second kappa shape index (κ2) is 4.58. The standard InChI is InChI=1S/C14H13N3O/c1-15-9-13-16-17-14(18-13)12-7-6-10-4-2-3-5-11(10)8-12/h2-8,15H,9H2,1H3. The number of nitrogens with zero attached hydrogens (tertiary/aromatic N) is 2. The Kier molecular flexibility index (Phi) is 2.78. The monoisotopic (exact) mass is 239 g/mol. The van der Waals surface area contributed by atoms with Crippen molar-refractivity contribution in [1.82, 2.24) is 15.5 Å². The van der Waals surface area contributed by atoms with E-state index >= 15 is 0 Å². The molecule has 2 aromatic carbocycles. The van der Waals surface area contributed by atoms with Crippen LogP contribution < -0.4 is 5.32 Å². The third-order valence-electron chi connectivity index (χ3n) is 2.79. The summed E-state index contributed by atoms with van der Waals surface area (Å²) in [7, 11) is 1.85. The van der Waals surface area contributed by atoms with Gasteiger partial charge < -0.3 is 9.73 Å². The van der Waals surface area contributed by atoms with Crippen molar-refractivity contribution in [3.63, 3.8) is 0 Å². The molecule has 0 fully saturated rings. The number of hydrogen-bond acceptors (Lipinski definition) is 4. The van der Waals surface area contributed by atoms with E-state index < -0.39 is 0 Å². The smallest absolute Gasteiger partial charge is 0.247 e. The molecule has 0 amide bonds. The Labute approximate surface area is 105 Å².